The molecule has 10 heteroatoms. The number of pyridine rings is 1. The number of benzene rings is 2. The van der Waals surface area contributed by atoms with E-state index in [4.69, 9.17) is 21.0 Å². The van der Waals surface area contributed by atoms with Crippen molar-refractivity contribution in [2.45, 2.75) is 50.9 Å². The Kier molecular flexibility index (Phi) is 6.54. The van der Waals surface area contributed by atoms with Crippen LogP contribution in [0.15, 0.2) is 54.6 Å². The number of imidazole rings is 1. The molecular formula is C32H29FN5O4-. The third-order valence-electron chi connectivity index (χ3n) is 9.03. The number of aromatic carboxylic acids is 1. The van der Waals surface area contributed by atoms with Crippen molar-refractivity contribution in [3.8, 4) is 5.88 Å². The van der Waals surface area contributed by atoms with Gasteiger partial charge in [-0.05, 0) is 60.9 Å². The molecule has 9 nitrogen and oxygen atoms in total. The van der Waals surface area contributed by atoms with Gasteiger partial charge in [-0.2, -0.15) is 4.98 Å². The van der Waals surface area contributed by atoms with Gasteiger partial charge in [0.25, 0.3) is 0 Å². The number of piperidine rings is 1. The van der Waals surface area contributed by atoms with Crippen LogP contribution in [0.1, 0.15) is 53.3 Å². The Morgan fingerprint density at radius 3 is 2.71 bits per heavy atom. The van der Waals surface area contributed by atoms with E-state index in [0.29, 0.717) is 23.9 Å². The summed E-state index contributed by atoms with van der Waals surface area (Å²) in [4.78, 5) is 26.7. The predicted molar refractivity (Wildman–Crippen MR) is 151 cm³/mol. The van der Waals surface area contributed by atoms with Gasteiger partial charge in [0.05, 0.1) is 36.2 Å². The molecule has 0 bridgehead atoms. The number of fused-ring (bicyclic) bond motifs is 1. The van der Waals surface area contributed by atoms with Crippen LogP contribution in [0, 0.1) is 17.8 Å². The number of anilines is 1. The molecule has 42 heavy (non-hydrogen) atoms. The average molecular weight is 567 g/mol. The maximum absolute atomic E-state index is 14.3. The van der Waals surface area contributed by atoms with Gasteiger partial charge in [-0.15, -0.1) is 0 Å². The van der Waals surface area contributed by atoms with Crippen LogP contribution in [0.5, 0.6) is 5.88 Å². The molecule has 0 radical (unpaired) electrons. The quantitative estimate of drug-likeness (QED) is 0.287. The van der Waals surface area contributed by atoms with Crippen LogP contribution >= 0.6 is 0 Å². The second-order valence-electron chi connectivity index (χ2n) is 11.5. The highest BCUT2D eigenvalue weighted by molar-refractivity contribution is 5.91. The average Bonchev–Trinajstić information content (AvgIpc) is 3.55. The first kappa shape index (κ1) is 26.4. The number of carboxylic acids is 1. The summed E-state index contributed by atoms with van der Waals surface area (Å²) in [7, 11) is 0. The molecule has 214 valence electrons. The normalized spacial score (nSPS) is 20.7. The number of ether oxygens (including phenoxy) is 2. The van der Waals surface area contributed by atoms with E-state index in [1.165, 1.54) is 6.07 Å². The molecule has 7 rings (SSSR count). The zero-order valence-electron chi connectivity index (χ0n) is 23.0. The van der Waals surface area contributed by atoms with Crippen molar-refractivity contribution < 1.29 is 23.8 Å². The minimum absolute atomic E-state index is 0.0305. The lowest BCUT2D eigenvalue weighted by Gasteiger charge is -2.34. The second-order valence-corrected chi connectivity index (χ2v) is 11.5. The highest BCUT2D eigenvalue weighted by atomic mass is 19.1. The smallest absolute Gasteiger partial charge is 0.215 e. The molecule has 0 amide bonds. The largest absolute Gasteiger partial charge is 0.545 e. The summed E-state index contributed by atoms with van der Waals surface area (Å²) in [5, 5.41) is 11.5. The zero-order chi connectivity index (χ0) is 28.8. The monoisotopic (exact) mass is 566 g/mol. The third-order valence-corrected chi connectivity index (χ3v) is 9.03. The van der Waals surface area contributed by atoms with Crippen LogP contribution in [-0.4, -0.2) is 46.3 Å². The van der Waals surface area contributed by atoms with Crippen molar-refractivity contribution in [1.82, 2.24) is 14.5 Å². The van der Waals surface area contributed by atoms with E-state index in [1.54, 1.807) is 36.4 Å². The molecule has 1 aliphatic carbocycles. The van der Waals surface area contributed by atoms with Gasteiger partial charge in [-0.25, -0.2) is 14.2 Å². The molecule has 1 unspecified atom stereocenters. The number of carbonyl (C=O) groups excluding carboxylic acids is 1. The number of carboxylic acid groups (broad SMARTS) is 1. The molecule has 2 saturated heterocycles. The first-order valence-electron chi connectivity index (χ1n) is 14.3. The van der Waals surface area contributed by atoms with Crippen molar-refractivity contribution in [3.05, 3.63) is 88.8 Å². The lowest BCUT2D eigenvalue weighted by atomic mass is 9.90. The van der Waals surface area contributed by atoms with Crippen LogP contribution in [0.3, 0.4) is 0 Å². The molecule has 2 atom stereocenters. The molecule has 1 saturated carbocycles. The Morgan fingerprint density at radius 1 is 1.17 bits per heavy atom. The van der Waals surface area contributed by atoms with E-state index < -0.39 is 11.8 Å². The fraction of sp³-hybridized carbons (Fsp3) is 0.375. The lowest BCUT2D eigenvalue weighted by molar-refractivity contribution is -0.255. The second kappa shape index (κ2) is 10.4. The number of carbonyl (C=O) groups is 1. The summed E-state index contributed by atoms with van der Waals surface area (Å²) in [6.45, 7) is 10.2. The number of halogens is 1. The molecule has 4 heterocycles. The van der Waals surface area contributed by atoms with Gasteiger partial charge in [-0.1, -0.05) is 24.3 Å². The number of aromatic nitrogens is 3. The maximum Gasteiger partial charge on any atom is 0.215 e. The Labute approximate surface area is 242 Å². The number of hydrogen-bond donors (Lipinski definition) is 0. The van der Waals surface area contributed by atoms with E-state index in [-0.39, 0.29) is 29.4 Å². The summed E-state index contributed by atoms with van der Waals surface area (Å²) in [6.07, 6.45) is 4.16. The van der Waals surface area contributed by atoms with Crippen molar-refractivity contribution in [2.75, 3.05) is 24.6 Å². The van der Waals surface area contributed by atoms with Crippen LogP contribution in [0.2, 0.25) is 0 Å². The van der Waals surface area contributed by atoms with Gasteiger partial charge in [0.2, 0.25) is 5.88 Å². The first-order valence-corrected chi connectivity index (χ1v) is 14.3. The minimum atomic E-state index is -1.19. The topological polar surface area (TPSA) is 96.9 Å². The SMILES string of the molecule is [C-]#[N+]c1ccc(COc2cccc(N3CCC4(CC3)CC4c3nc4ccc(C(=O)[O-])cc4n3C[C@@H]3CCO3)n2)c(F)c1. The minimum Gasteiger partial charge on any atom is -0.545 e. The molecule has 2 aromatic heterocycles. The number of rotatable bonds is 8. The predicted octanol–water partition coefficient (Wildman–Crippen LogP) is 4.63. The van der Waals surface area contributed by atoms with Crippen LogP contribution in [0.4, 0.5) is 15.9 Å². The van der Waals surface area contributed by atoms with E-state index in [9.17, 15) is 14.3 Å². The van der Waals surface area contributed by atoms with E-state index in [2.05, 4.69) is 19.3 Å². The van der Waals surface area contributed by atoms with Crippen molar-refractivity contribution in [3.63, 3.8) is 0 Å². The van der Waals surface area contributed by atoms with Gasteiger partial charge in [0.15, 0.2) is 5.69 Å². The lowest BCUT2D eigenvalue weighted by Crippen LogP contribution is -2.36. The van der Waals surface area contributed by atoms with Crippen molar-refractivity contribution in [1.29, 1.82) is 0 Å². The fourth-order valence-electron chi connectivity index (χ4n) is 6.34. The fourth-order valence-corrected chi connectivity index (χ4v) is 6.34. The zero-order valence-corrected chi connectivity index (χ0v) is 23.0. The number of hydrogen-bond acceptors (Lipinski definition) is 7. The maximum atomic E-state index is 14.3. The highest BCUT2D eigenvalue weighted by Crippen LogP contribution is 2.65. The van der Waals surface area contributed by atoms with Crippen molar-refractivity contribution in [2.24, 2.45) is 5.41 Å². The summed E-state index contributed by atoms with van der Waals surface area (Å²) in [5.41, 5.74) is 2.58. The van der Waals surface area contributed by atoms with Crippen molar-refractivity contribution >= 4 is 28.5 Å². The van der Waals surface area contributed by atoms with Gasteiger partial charge >= 0.3 is 0 Å². The summed E-state index contributed by atoms with van der Waals surface area (Å²) < 4.78 is 28.0. The van der Waals surface area contributed by atoms with E-state index in [0.717, 1.165) is 68.1 Å². The molecule has 2 aromatic carbocycles. The highest BCUT2D eigenvalue weighted by Gasteiger charge is 2.57. The molecule has 4 aromatic rings. The Hall–Kier alpha value is -4.49. The Balaban J connectivity index is 1.04. The summed E-state index contributed by atoms with van der Waals surface area (Å²) in [5.74, 6) is 0.931. The first-order chi connectivity index (χ1) is 20.4. The summed E-state index contributed by atoms with van der Waals surface area (Å²) >= 11 is 0. The van der Waals surface area contributed by atoms with Gasteiger partial charge in [-0.3, -0.25) is 0 Å². The van der Waals surface area contributed by atoms with E-state index in [1.807, 2.05) is 12.1 Å². The molecule has 3 fully saturated rings. The standard InChI is InChI=1S/C32H30FN5O4/c1-34-22-7-5-21(25(33)16-22)19-42-29-4-2-3-28(36-29)37-12-10-32(11-13-37)17-24(32)30-35-26-8-6-20(31(39)40)15-27(26)38(30)18-23-9-14-41-23/h2-8,15-16,23-24H,9-14,17-19H2,(H,39,40)/p-1/t23-,24?/m0/s1. The van der Waals surface area contributed by atoms with Gasteiger partial charge < -0.3 is 28.8 Å². The molecule has 3 aliphatic rings. The molecule has 2 aliphatic heterocycles. The molecule has 0 N–H and O–H groups in total. The number of nitrogens with zero attached hydrogens (tertiary/aromatic N) is 5. The molecule has 1 spiro atoms. The van der Waals surface area contributed by atoms with Crippen LogP contribution in [-0.2, 0) is 17.9 Å². The Bertz CT molecular complexity index is 1720. The van der Waals surface area contributed by atoms with Gasteiger partial charge in [0, 0.05) is 37.2 Å². The third kappa shape index (κ3) is 4.84. The summed E-state index contributed by atoms with van der Waals surface area (Å²) in [6, 6.07) is 15.0. The van der Waals surface area contributed by atoms with Gasteiger partial charge in [0.1, 0.15) is 24.1 Å². The molecular weight excluding hydrogens is 537 g/mol. The van der Waals surface area contributed by atoms with E-state index >= 15 is 0 Å². The van der Waals surface area contributed by atoms with Crippen LogP contribution in [0.25, 0.3) is 15.9 Å². The van der Waals surface area contributed by atoms with Crippen LogP contribution < -0.4 is 14.7 Å². The Morgan fingerprint density at radius 2 is 2.00 bits per heavy atom.